The van der Waals surface area contributed by atoms with Gasteiger partial charge in [-0.1, -0.05) is 11.6 Å². The Balaban J connectivity index is 2.52. The van der Waals surface area contributed by atoms with Crippen molar-refractivity contribution < 1.29 is 14.7 Å². The Hall–Kier alpha value is -1.75. The first-order valence-corrected chi connectivity index (χ1v) is 4.91. The molecule has 1 atom stereocenters. The number of amides is 2. The predicted molar refractivity (Wildman–Crippen MR) is 58.1 cm³/mol. The number of hydrogen-bond donors (Lipinski definition) is 2. The molecular weight excluding hydrogens is 232 g/mol. The topological polar surface area (TPSA) is 81.3 Å². The van der Waals surface area contributed by atoms with Gasteiger partial charge < -0.3 is 20.5 Å². The van der Waals surface area contributed by atoms with Gasteiger partial charge in [0.1, 0.15) is 0 Å². The van der Waals surface area contributed by atoms with E-state index in [0.717, 1.165) is 0 Å². The number of carboxylic acids is 1. The van der Waals surface area contributed by atoms with E-state index in [1.165, 1.54) is 6.92 Å². The lowest BCUT2D eigenvalue weighted by Gasteiger charge is -2.15. The third kappa shape index (κ3) is 3.78. The molecule has 1 aromatic rings. The van der Waals surface area contributed by atoms with Crippen molar-refractivity contribution in [1.82, 2.24) is 5.32 Å². The van der Waals surface area contributed by atoms with E-state index in [2.05, 4.69) is 10.6 Å². The molecule has 0 spiro atoms. The SMILES string of the molecule is C[C@H](NC(=O)Nc1ccc(Cl)cc1)C(=O)[O-]. The van der Waals surface area contributed by atoms with Crippen LogP contribution in [0.4, 0.5) is 10.5 Å². The third-order valence-electron chi connectivity index (χ3n) is 1.80. The minimum absolute atomic E-state index is 0.521. The molecule has 0 aliphatic rings. The van der Waals surface area contributed by atoms with E-state index >= 15 is 0 Å². The lowest BCUT2D eigenvalue weighted by atomic mass is 10.3. The minimum Gasteiger partial charge on any atom is -0.548 e. The molecule has 0 aliphatic heterocycles. The number of hydrogen-bond acceptors (Lipinski definition) is 3. The molecular formula is C10H10ClN2O3-. The summed E-state index contributed by atoms with van der Waals surface area (Å²) < 4.78 is 0. The Labute approximate surface area is 97.4 Å². The van der Waals surface area contributed by atoms with E-state index in [1.807, 2.05) is 0 Å². The van der Waals surface area contributed by atoms with Crippen molar-refractivity contribution in [3.8, 4) is 0 Å². The van der Waals surface area contributed by atoms with Crippen LogP contribution in [0.5, 0.6) is 0 Å². The summed E-state index contributed by atoms with van der Waals surface area (Å²) in [5.74, 6) is -1.34. The summed E-state index contributed by atoms with van der Waals surface area (Å²) in [6.45, 7) is 1.32. The van der Waals surface area contributed by atoms with Crippen LogP contribution in [-0.2, 0) is 4.79 Å². The number of nitrogens with one attached hydrogen (secondary N) is 2. The first-order chi connectivity index (χ1) is 7.49. The Morgan fingerprint density at radius 2 is 1.88 bits per heavy atom. The van der Waals surface area contributed by atoms with Crippen molar-refractivity contribution in [3.63, 3.8) is 0 Å². The van der Waals surface area contributed by atoms with Gasteiger partial charge in [0.25, 0.3) is 0 Å². The van der Waals surface area contributed by atoms with Crippen LogP contribution in [-0.4, -0.2) is 18.0 Å². The Kier molecular flexibility index (Phi) is 4.13. The molecule has 0 bridgehead atoms. The fraction of sp³-hybridized carbons (Fsp3) is 0.200. The molecule has 0 saturated carbocycles. The molecule has 0 radical (unpaired) electrons. The highest BCUT2D eigenvalue weighted by atomic mass is 35.5. The molecule has 0 aliphatic carbocycles. The van der Waals surface area contributed by atoms with Gasteiger partial charge in [-0.25, -0.2) is 4.79 Å². The van der Waals surface area contributed by atoms with Gasteiger partial charge in [0.2, 0.25) is 0 Å². The van der Waals surface area contributed by atoms with Gasteiger partial charge in [-0.2, -0.15) is 0 Å². The molecule has 0 fully saturated rings. The minimum atomic E-state index is -1.34. The molecule has 0 unspecified atom stereocenters. The second-order valence-electron chi connectivity index (χ2n) is 3.15. The molecule has 2 N–H and O–H groups in total. The van der Waals surface area contributed by atoms with Gasteiger partial charge in [0.05, 0.1) is 12.0 Å². The lowest BCUT2D eigenvalue weighted by molar-refractivity contribution is -0.307. The van der Waals surface area contributed by atoms with Crippen LogP contribution < -0.4 is 15.7 Å². The Morgan fingerprint density at radius 1 is 1.31 bits per heavy atom. The average molecular weight is 242 g/mol. The monoisotopic (exact) mass is 241 g/mol. The number of benzene rings is 1. The third-order valence-corrected chi connectivity index (χ3v) is 2.06. The van der Waals surface area contributed by atoms with Crippen LogP contribution >= 0.6 is 11.6 Å². The zero-order chi connectivity index (χ0) is 12.1. The number of carboxylic acid groups (broad SMARTS) is 1. The molecule has 0 saturated heterocycles. The highest BCUT2D eigenvalue weighted by Gasteiger charge is 2.07. The summed E-state index contributed by atoms with van der Waals surface area (Å²) in [4.78, 5) is 21.6. The Morgan fingerprint density at radius 3 is 2.38 bits per heavy atom. The van der Waals surface area contributed by atoms with E-state index in [4.69, 9.17) is 11.6 Å². The molecule has 16 heavy (non-hydrogen) atoms. The van der Waals surface area contributed by atoms with Crippen LogP contribution in [0.1, 0.15) is 6.92 Å². The highest BCUT2D eigenvalue weighted by molar-refractivity contribution is 6.30. The predicted octanol–water partition coefficient (Wildman–Crippen LogP) is 0.600. The fourth-order valence-electron chi connectivity index (χ4n) is 0.956. The smallest absolute Gasteiger partial charge is 0.319 e. The number of halogens is 1. The van der Waals surface area contributed by atoms with E-state index in [1.54, 1.807) is 24.3 Å². The molecule has 0 heterocycles. The maximum Gasteiger partial charge on any atom is 0.319 e. The van der Waals surface area contributed by atoms with E-state index in [0.29, 0.717) is 10.7 Å². The lowest BCUT2D eigenvalue weighted by Crippen LogP contribution is -2.47. The van der Waals surface area contributed by atoms with E-state index in [9.17, 15) is 14.7 Å². The second-order valence-corrected chi connectivity index (χ2v) is 3.58. The van der Waals surface area contributed by atoms with Crippen molar-refractivity contribution in [3.05, 3.63) is 29.3 Å². The number of anilines is 1. The maximum absolute atomic E-state index is 11.3. The molecule has 1 rings (SSSR count). The molecule has 0 aromatic heterocycles. The zero-order valence-electron chi connectivity index (χ0n) is 8.49. The van der Waals surface area contributed by atoms with Crippen molar-refractivity contribution in [2.45, 2.75) is 13.0 Å². The Bertz CT molecular complexity index is 392. The van der Waals surface area contributed by atoms with Crippen molar-refractivity contribution in [2.75, 3.05) is 5.32 Å². The van der Waals surface area contributed by atoms with Crippen LogP contribution in [0.25, 0.3) is 0 Å². The maximum atomic E-state index is 11.3. The van der Waals surface area contributed by atoms with Gasteiger partial charge >= 0.3 is 6.03 Å². The van der Waals surface area contributed by atoms with Gasteiger partial charge in [0.15, 0.2) is 0 Å². The van der Waals surface area contributed by atoms with Gasteiger partial charge in [0, 0.05) is 10.7 Å². The van der Waals surface area contributed by atoms with Crippen LogP contribution in [0.3, 0.4) is 0 Å². The molecule has 86 valence electrons. The van der Waals surface area contributed by atoms with Crippen LogP contribution in [0, 0.1) is 0 Å². The average Bonchev–Trinajstić information content (AvgIpc) is 2.21. The summed E-state index contributed by atoms with van der Waals surface area (Å²) in [5, 5.41) is 15.6. The van der Waals surface area contributed by atoms with Crippen LogP contribution in [0.15, 0.2) is 24.3 Å². The van der Waals surface area contributed by atoms with Crippen molar-refractivity contribution in [1.29, 1.82) is 0 Å². The highest BCUT2D eigenvalue weighted by Crippen LogP contribution is 2.12. The van der Waals surface area contributed by atoms with Gasteiger partial charge in [-0.05, 0) is 31.2 Å². The number of urea groups is 1. The summed E-state index contributed by atoms with van der Waals surface area (Å²) in [6.07, 6.45) is 0. The molecule has 5 nitrogen and oxygen atoms in total. The molecule has 1 aromatic carbocycles. The van der Waals surface area contributed by atoms with Crippen molar-refractivity contribution in [2.24, 2.45) is 0 Å². The van der Waals surface area contributed by atoms with Gasteiger partial charge in [-0.3, -0.25) is 0 Å². The summed E-state index contributed by atoms with van der Waals surface area (Å²) in [5.41, 5.74) is 0.521. The number of rotatable bonds is 3. The number of carbonyl (C=O) groups excluding carboxylic acids is 2. The first-order valence-electron chi connectivity index (χ1n) is 4.53. The fourth-order valence-corrected chi connectivity index (χ4v) is 1.08. The van der Waals surface area contributed by atoms with Crippen LogP contribution in [0.2, 0.25) is 5.02 Å². The zero-order valence-corrected chi connectivity index (χ0v) is 9.25. The second kappa shape index (κ2) is 5.37. The molecule has 2 amide bonds. The number of carbonyl (C=O) groups is 2. The standard InChI is InChI=1S/C10H11ClN2O3/c1-6(9(14)15)12-10(16)13-8-4-2-7(11)3-5-8/h2-6H,1H3,(H,14,15)(H2,12,13,16)/p-1/t6-/m0/s1. The first kappa shape index (κ1) is 12.3. The number of aliphatic carboxylic acids is 1. The largest absolute Gasteiger partial charge is 0.548 e. The summed E-state index contributed by atoms with van der Waals surface area (Å²) in [6, 6.07) is 4.77. The van der Waals surface area contributed by atoms with Gasteiger partial charge in [-0.15, -0.1) is 0 Å². The van der Waals surface area contributed by atoms with E-state index in [-0.39, 0.29) is 0 Å². The quantitative estimate of drug-likeness (QED) is 0.813. The normalized spacial score (nSPS) is 11.6. The summed E-state index contributed by atoms with van der Waals surface area (Å²) in [7, 11) is 0. The summed E-state index contributed by atoms with van der Waals surface area (Å²) >= 11 is 5.66. The molecule has 6 heteroatoms. The van der Waals surface area contributed by atoms with Crippen molar-refractivity contribution >= 4 is 29.3 Å². The van der Waals surface area contributed by atoms with E-state index < -0.39 is 18.0 Å².